The molecule has 0 saturated carbocycles. The maximum absolute atomic E-state index is 13.0. The number of carbonyl (C=O) groups excluding carboxylic acids is 2. The van der Waals surface area contributed by atoms with Gasteiger partial charge in [-0.05, 0) is 77.7 Å². The zero-order valence-electron chi connectivity index (χ0n) is 19.5. The van der Waals surface area contributed by atoms with Crippen LogP contribution in [0.1, 0.15) is 43.0 Å². The van der Waals surface area contributed by atoms with E-state index in [0.29, 0.717) is 17.9 Å². The summed E-state index contributed by atoms with van der Waals surface area (Å²) in [4.78, 5) is 29.6. The van der Waals surface area contributed by atoms with E-state index in [4.69, 9.17) is 4.74 Å². The van der Waals surface area contributed by atoms with Gasteiger partial charge in [-0.1, -0.05) is 29.8 Å². The summed E-state index contributed by atoms with van der Waals surface area (Å²) in [7, 11) is 3.94. The van der Waals surface area contributed by atoms with Crippen LogP contribution < -0.4 is 4.74 Å². The Morgan fingerprint density at radius 3 is 2.25 bits per heavy atom. The highest BCUT2D eigenvalue weighted by Gasteiger charge is 2.45. The molecule has 0 aliphatic carbocycles. The standard InChI is InChI=1S/C26H32N2O4/c1-17(2)32-21-13-11-20(12-14-21)24(29)22-23(19-9-7-18(3)8-10-19)28(26(31)25(22)30)16-6-15-27(4)5/h7-14,17,23,29H,6,15-16H2,1-5H3/b24-22+/t23-/m0/s1. The summed E-state index contributed by atoms with van der Waals surface area (Å²) in [5.41, 5.74) is 2.49. The number of carbonyl (C=O) groups is 2. The molecule has 0 radical (unpaired) electrons. The second-order valence-corrected chi connectivity index (χ2v) is 8.75. The van der Waals surface area contributed by atoms with Crippen LogP contribution in [0.5, 0.6) is 5.75 Å². The third-order valence-corrected chi connectivity index (χ3v) is 5.44. The van der Waals surface area contributed by atoms with Crippen molar-refractivity contribution in [3.8, 4) is 5.75 Å². The van der Waals surface area contributed by atoms with Crippen LogP contribution >= 0.6 is 0 Å². The number of hydrogen-bond donors (Lipinski definition) is 1. The lowest BCUT2D eigenvalue weighted by Gasteiger charge is -2.26. The van der Waals surface area contributed by atoms with Crippen LogP contribution in [0, 0.1) is 6.92 Å². The molecule has 1 aliphatic rings. The molecule has 1 saturated heterocycles. The van der Waals surface area contributed by atoms with E-state index in [1.807, 2.05) is 64.0 Å². The fourth-order valence-corrected chi connectivity index (χ4v) is 3.88. The zero-order valence-corrected chi connectivity index (χ0v) is 19.5. The molecule has 1 N–H and O–H groups in total. The quantitative estimate of drug-likeness (QED) is 0.382. The van der Waals surface area contributed by atoms with E-state index in [2.05, 4.69) is 0 Å². The molecule has 3 rings (SSSR count). The molecule has 6 heteroatoms. The molecule has 1 aliphatic heterocycles. The molecule has 2 aromatic rings. The normalized spacial score (nSPS) is 18.1. The van der Waals surface area contributed by atoms with E-state index in [1.165, 1.54) is 0 Å². The summed E-state index contributed by atoms with van der Waals surface area (Å²) >= 11 is 0. The van der Waals surface area contributed by atoms with Crippen LogP contribution in [-0.2, 0) is 9.59 Å². The number of nitrogens with zero attached hydrogens (tertiary/aromatic N) is 2. The second kappa shape index (κ2) is 10.0. The number of likely N-dealkylation sites (tertiary alicyclic amines) is 1. The minimum Gasteiger partial charge on any atom is -0.507 e. The summed E-state index contributed by atoms with van der Waals surface area (Å²) in [6.07, 6.45) is 0.757. The maximum Gasteiger partial charge on any atom is 0.295 e. The number of hydrogen-bond acceptors (Lipinski definition) is 5. The second-order valence-electron chi connectivity index (χ2n) is 8.75. The van der Waals surface area contributed by atoms with Crippen LogP contribution in [0.3, 0.4) is 0 Å². The first-order chi connectivity index (χ1) is 15.2. The number of aryl methyl sites for hydroxylation is 1. The molecule has 0 bridgehead atoms. The molecule has 1 atom stereocenters. The maximum atomic E-state index is 13.0. The van der Waals surface area contributed by atoms with Gasteiger partial charge < -0.3 is 19.6 Å². The Hall–Kier alpha value is -3.12. The lowest BCUT2D eigenvalue weighted by molar-refractivity contribution is -0.139. The Bertz CT molecular complexity index is 991. The molecule has 6 nitrogen and oxygen atoms in total. The van der Waals surface area contributed by atoms with Crippen molar-refractivity contribution in [1.29, 1.82) is 0 Å². The Morgan fingerprint density at radius 1 is 1.06 bits per heavy atom. The first-order valence-electron chi connectivity index (χ1n) is 11.0. The third-order valence-electron chi connectivity index (χ3n) is 5.44. The third kappa shape index (κ3) is 5.19. The summed E-state index contributed by atoms with van der Waals surface area (Å²) in [5.74, 6) is -0.716. The molecule has 0 spiro atoms. The number of rotatable bonds is 8. The summed E-state index contributed by atoms with van der Waals surface area (Å²) in [5, 5.41) is 11.1. The summed E-state index contributed by atoms with van der Waals surface area (Å²) < 4.78 is 5.66. The molecular weight excluding hydrogens is 404 g/mol. The molecule has 1 heterocycles. The van der Waals surface area contributed by atoms with E-state index in [0.717, 1.165) is 24.1 Å². The van der Waals surface area contributed by atoms with Crippen molar-refractivity contribution in [3.05, 3.63) is 70.8 Å². The van der Waals surface area contributed by atoms with Gasteiger partial charge in [-0.15, -0.1) is 0 Å². The van der Waals surface area contributed by atoms with Gasteiger partial charge in [0.05, 0.1) is 17.7 Å². The van der Waals surface area contributed by atoms with Gasteiger partial charge in [-0.2, -0.15) is 0 Å². The van der Waals surface area contributed by atoms with E-state index < -0.39 is 17.7 Å². The van der Waals surface area contributed by atoms with Crippen molar-refractivity contribution in [1.82, 2.24) is 9.80 Å². The first kappa shape index (κ1) is 23.5. The van der Waals surface area contributed by atoms with E-state index in [1.54, 1.807) is 29.2 Å². The summed E-state index contributed by atoms with van der Waals surface area (Å²) in [6, 6.07) is 14.0. The fourth-order valence-electron chi connectivity index (χ4n) is 3.88. The number of amides is 1. The Kier molecular flexibility index (Phi) is 7.36. The highest BCUT2D eigenvalue weighted by atomic mass is 16.5. The van der Waals surface area contributed by atoms with Crippen LogP contribution in [-0.4, -0.2) is 59.9 Å². The van der Waals surface area contributed by atoms with Crippen molar-refractivity contribution in [2.24, 2.45) is 0 Å². The van der Waals surface area contributed by atoms with Gasteiger partial charge in [-0.3, -0.25) is 9.59 Å². The van der Waals surface area contributed by atoms with Crippen molar-refractivity contribution < 1.29 is 19.4 Å². The van der Waals surface area contributed by atoms with E-state index in [-0.39, 0.29) is 17.4 Å². The fraction of sp³-hybridized carbons (Fsp3) is 0.385. The average molecular weight is 437 g/mol. The van der Waals surface area contributed by atoms with Gasteiger partial charge in [-0.25, -0.2) is 0 Å². The first-order valence-corrected chi connectivity index (χ1v) is 11.0. The predicted molar refractivity (Wildman–Crippen MR) is 126 cm³/mol. The Labute approximate surface area is 190 Å². The number of ether oxygens (including phenoxy) is 1. The number of benzene rings is 2. The van der Waals surface area contributed by atoms with Gasteiger partial charge in [0.1, 0.15) is 11.5 Å². The van der Waals surface area contributed by atoms with Crippen LogP contribution in [0.4, 0.5) is 0 Å². The zero-order chi connectivity index (χ0) is 23.4. The van der Waals surface area contributed by atoms with Gasteiger partial charge in [0.2, 0.25) is 0 Å². The molecule has 2 aromatic carbocycles. The molecule has 170 valence electrons. The molecule has 1 fully saturated rings. The molecule has 1 amide bonds. The Balaban J connectivity index is 2.03. The SMILES string of the molecule is Cc1ccc([C@H]2/C(=C(\O)c3ccc(OC(C)C)cc3)C(=O)C(=O)N2CCCN(C)C)cc1. The van der Waals surface area contributed by atoms with Gasteiger partial charge in [0, 0.05) is 12.1 Å². The van der Waals surface area contributed by atoms with Gasteiger partial charge >= 0.3 is 0 Å². The number of Topliss-reactive ketones (excluding diaryl/α,β-unsaturated/α-hetero) is 1. The summed E-state index contributed by atoms with van der Waals surface area (Å²) in [6.45, 7) is 7.08. The molecule has 0 unspecified atom stereocenters. The average Bonchev–Trinajstić information content (AvgIpc) is 2.99. The smallest absolute Gasteiger partial charge is 0.295 e. The lowest BCUT2D eigenvalue weighted by Crippen LogP contribution is -2.32. The van der Waals surface area contributed by atoms with Crippen LogP contribution in [0.15, 0.2) is 54.1 Å². The van der Waals surface area contributed by atoms with E-state index >= 15 is 0 Å². The van der Waals surface area contributed by atoms with Crippen LogP contribution in [0.2, 0.25) is 0 Å². The number of aliphatic hydroxyl groups excluding tert-OH is 1. The van der Waals surface area contributed by atoms with Gasteiger partial charge in [0.15, 0.2) is 0 Å². The Morgan fingerprint density at radius 2 is 1.69 bits per heavy atom. The molecule has 32 heavy (non-hydrogen) atoms. The highest BCUT2D eigenvalue weighted by molar-refractivity contribution is 6.46. The van der Waals surface area contributed by atoms with Crippen molar-refractivity contribution in [3.63, 3.8) is 0 Å². The predicted octanol–water partition coefficient (Wildman–Crippen LogP) is 4.16. The van der Waals surface area contributed by atoms with Crippen LogP contribution in [0.25, 0.3) is 5.76 Å². The highest BCUT2D eigenvalue weighted by Crippen LogP contribution is 2.39. The largest absolute Gasteiger partial charge is 0.507 e. The topological polar surface area (TPSA) is 70.1 Å². The van der Waals surface area contributed by atoms with Crippen molar-refractivity contribution in [2.75, 3.05) is 27.2 Å². The monoisotopic (exact) mass is 436 g/mol. The molecule has 0 aromatic heterocycles. The lowest BCUT2D eigenvalue weighted by atomic mass is 9.94. The molecular formula is C26H32N2O4. The minimum absolute atomic E-state index is 0.0310. The minimum atomic E-state index is -0.652. The van der Waals surface area contributed by atoms with Crippen molar-refractivity contribution in [2.45, 2.75) is 39.3 Å². The van der Waals surface area contributed by atoms with E-state index in [9.17, 15) is 14.7 Å². The number of ketones is 1. The van der Waals surface area contributed by atoms with Crippen molar-refractivity contribution >= 4 is 17.4 Å². The van der Waals surface area contributed by atoms with Gasteiger partial charge in [0.25, 0.3) is 11.7 Å². The number of aliphatic hydroxyl groups is 1.